The molecule has 0 N–H and O–H groups in total. The molecule has 15 heavy (non-hydrogen) atoms. The number of benzene rings is 1. The van der Waals surface area contributed by atoms with E-state index in [2.05, 4.69) is 0 Å². The van der Waals surface area contributed by atoms with Crippen LogP contribution in [-0.2, 0) is 10.8 Å². The Morgan fingerprint density at radius 3 is 1.93 bits per heavy atom. The van der Waals surface area contributed by atoms with Crippen LogP contribution in [0.25, 0.3) is 0 Å². The van der Waals surface area contributed by atoms with Gasteiger partial charge < -0.3 is 0 Å². The minimum atomic E-state index is -4.80. The van der Waals surface area contributed by atoms with Gasteiger partial charge >= 0.3 is 5.51 Å². The summed E-state index contributed by atoms with van der Waals surface area (Å²) in [5, 5.41) is 0.130. The highest BCUT2D eigenvalue weighted by Crippen LogP contribution is 2.32. The Labute approximate surface area is 96.6 Å². The summed E-state index contributed by atoms with van der Waals surface area (Å²) in [5.41, 5.74) is -4.34. The van der Waals surface area contributed by atoms with E-state index in [0.717, 1.165) is 12.1 Å². The highest BCUT2D eigenvalue weighted by molar-refractivity contribution is 7.86. The van der Waals surface area contributed by atoms with Crippen LogP contribution in [-0.4, -0.2) is 9.72 Å². The van der Waals surface area contributed by atoms with Crippen molar-refractivity contribution in [1.29, 1.82) is 0 Å². The van der Waals surface area contributed by atoms with Crippen LogP contribution in [0.3, 0.4) is 0 Å². The molecule has 1 rings (SSSR count). The summed E-state index contributed by atoms with van der Waals surface area (Å²) < 4.78 is 47.3. The van der Waals surface area contributed by atoms with Crippen LogP contribution >= 0.6 is 23.2 Å². The summed E-state index contributed by atoms with van der Waals surface area (Å²) in [5.74, 6) is 0. The molecule has 0 saturated carbocycles. The van der Waals surface area contributed by atoms with Crippen molar-refractivity contribution in [2.45, 2.75) is 17.3 Å². The van der Waals surface area contributed by atoms with Gasteiger partial charge in [0.25, 0.3) is 0 Å². The van der Waals surface area contributed by atoms with Crippen LogP contribution in [0.4, 0.5) is 13.2 Å². The average molecular weight is 277 g/mol. The van der Waals surface area contributed by atoms with Gasteiger partial charge in [0.2, 0.25) is 0 Å². The van der Waals surface area contributed by atoms with Crippen LogP contribution in [0.15, 0.2) is 17.0 Å². The van der Waals surface area contributed by atoms with E-state index in [9.17, 15) is 17.4 Å². The van der Waals surface area contributed by atoms with Gasteiger partial charge in [0, 0.05) is 10.0 Å². The first kappa shape index (κ1) is 12.8. The zero-order valence-electron chi connectivity index (χ0n) is 7.36. The van der Waals surface area contributed by atoms with Gasteiger partial charge in [-0.3, -0.25) is 0 Å². The van der Waals surface area contributed by atoms with E-state index in [1.165, 1.54) is 0 Å². The normalized spacial score (nSPS) is 14.0. The van der Waals surface area contributed by atoms with Crippen molar-refractivity contribution in [3.05, 3.63) is 27.7 Å². The summed E-state index contributed by atoms with van der Waals surface area (Å²) in [6, 6.07) is 2.01. The van der Waals surface area contributed by atoms with Crippen molar-refractivity contribution in [1.82, 2.24) is 0 Å². The number of rotatable bonds is 1. The Kier molecular flexibility index (Phi) is 3.68. The fraction of sp³-hybridized carbons (Fsp3) is 0.250. The first-order valence-corrected chi connectivity index (χ1v) is 5.58. The maximum absolute atomic E-state index is 12.1. The van der Waals surface area contributed by atoms with Crippen molar-refractivity contribution < 1.29 is 17.4 Å². The van der Waals surface area contributed by atoms with Gasteiger partial charge in [-0.1, -0.05) is 23.2 Å². The van der Waals surface area contributed by atoms with Crippen molar-refractivity contribution in [2.75, 3.05) is 0 Å². The van der Waals surface area contributed by atoms with Crippen LogP contribution in [0, 0.1) is 6.92 Å². The molecule has 1 aromatic rings. The maximum atomic E-state index is 12.1. The minimum absolute atomic E-state index is 0.0649. The molecule has 1 unspecified atom stereocenters. The van der Waals surface area contributed by atoms with E-state index in [4.69, 9.17) is 23.2 Å². The molecule has 1 aromatic carbocycles. The van der Waals surface area contributed by atoms with Crippen LogP contribution in [0.1, 0.15) is 5.56 Å². The highest BCUT2D eigenvalue weighted by Gasteiger charge is 2.38. The maximum Gasteiger partial charge on any atom is 0.475 e. The largest absolute Gasteiger partial charge is 0.475 e. The summed E-state index contributed by atoms with van der Waals surface area (Å²) in [6.45, 7) is 1.56. The highest BCUT2D eigenvalue weighted by atomic mass is 35.5. The zero-order valence-corrected chi connectivity index (χ0v) is 9.69. The number of alkyl halides is 3. The third-order valence-electron chi connectivity index (χ3n) is 1.68. The van der Waals surface area contributed by atoms with Crippen molar-refractivity contribution in [3.63, 3.8) is 0 Å². The molecule has 1 nitrogen and oxygen atoms in total. The number of halogens is 5. The molecule has 1 atom stereocenters. The second kappa shape index (κ2) is 4.31. The van der Waals surface area contributed by atoms with Gasteiger partial charge in [-0.2, -0.15) is 13.2 Å². The minimum Gasteiger partial charge on any atom is -0.245 e. The molecule has 0 amide bonds. The average Bonchev–Trinajstić information content (AvgIpc) is 2.10. The Hall–Kier alpha value is -0.260. The van der Waals surface area contributed by atoms with E-state index in [1.807, 2.05) is 0 Å². The van der Waals surface area contributed by atoms with Gasteiger partial charge in [-0.15, -0.1) is 0 Å². The van der Waals surface area contributed by atoms with E-state index in [0.29, 0.717) is 5.56 Å². The predicted molar refractivity (Wildman–Crippen MR) is 53.7 cm³/mol. The van der Waals surface area contributed by atoms with Gasteiger partial charge in [0.15, 0.2) is 10.8 Å². The standard InChI is InChI=1S/C8H5Cl2F3OS/c1-4-6(9)2-5(3-7(4)10)15(14)8(11,12)13/h2-3H,1H3. The molecule has 0 heterocycles. The molecule has 0 radical (unpaired) electrons. The smallest absolute Gasteiger partial charge is 0.245 e. The lowest BCUT2D eigenvalue weighted by Crippen LogP contribution is -2.16. The van der Waals surface area contributed by atoms with E-state index in [1.54, 1.807) is 6.92 Å². The predicted octanol–water partition coefficient (Wildman–Crippen LogP) is 3.93. The van der Waals surface area contributed by atoms with Crippen molar-refractivity contribution in [2.24, 2.45) is 0 Å². The second-order valence-corrected chi connectivity index (χ2v) is 5.01. The molecular weight excluding hydrogens is 272 g/mol. The Bertz CT molecular complexity index is 394. The van der Waals surface area contributed by atoms with Crippen molar-refractivity contribution in [3.8, 4) is 0 Å². The fourth-order valence-electron chi connectivity index (χ4n) is 0.863. The molecule has 0 bridgehead atoms. The lowest BCUT2D eigenvalue weighted by atomic mass is 10.2. The van der Waals surface area contributed by atoms with Gasteiger partial charge in [-0.05, 0) is 24.6 Å². The Morgan fingerprint density at radius 2 is 1.60 bits per heavy atom. The molecular formula is C8H5Cl2F3OS. The zero-order chi connectivity index (χ0) is 11.8. The summed E-state index contributed by atoms with van der Waals surface area (Å²) in [7, 11) is -3.10. The summed E-state index contributed by atoms with van der Waals surface area (Å²) in [6.07, 6.45) is 0. The van der Waals surface area contributed by atoms with Gasteiger partial charge in [0.1, 0.15) is 0 Å². The molecule has 0 aliphatic rings. The van der Waals surface area contributed by atoms with E-state index < -0.39 is 21.2 Å². The van der Waals surface area contributed by atoms with Crippen LogP contribution in [0.2, 0.25) is 10.0 Å². The molecule has 0 spiro atoms. The molecule has 0 aromatic heterocycles. The number of hydrogen-bond acceptors (Lipinski definition) is 1. The molecule has 7 heteroatoms. The lowest BCUT2D eigenvalue weighted by Gasteiger charge is -2.08. The SMILES string of the molecule is Cc1c(Cl)cc(S(=O)C(F)(F)F)cc1Cl. The molecule has 0 aliphatic carbocycles. The topological polar surface area (TPSA) is 17.1 Å². The number of hydrogen-bond donors (Lipinski definition) is 0. The molecule has 0 fully saturated rings. The third kappa shape index (κ3) is 2.86. The third-order valence-corrected chi connectivity index (χ3v) is 3.55. The molecule has 84 valence electrons. The fourth-order valence-corrected chi connectivity index (χ4v) is 2.20. The Balaban J connectivity index is 3.24. The quantitative estimate of drug-likeness (QED) is 0.760. The monoisotopic (exact) mass is 276 g/mol. The van der Waals surface area contributed by atoms with Crippen molar-refractivity contribution >= 4 is 34.0 Å². The first-order chi connectivity index (χ1) is 6.73. The van der Waals surface area contributed by atoms with Crippen LogP contribution in [0.5, 0.6) is 0 Å². The van der Waals surface area contributed by atoms with E-state index >= 15 is 0 Å². The molecule has 0 saturated heterocycles. The lowest BCUT2D eigenvalue weighted by molar-refractivity contribution is -0.0384. The van der Waals surface area contributed by atoms with Gasteiger partial charge in [0.05, 0.1) is 4.90 Å². The molecule has 0 aliphatic heterocycles. The second-order valence-electron chi connectivity index (χ2n) is 2.73. The van der Waals surface area contributed by atoms with Crippen LogP contribution < -0.4 is 0 Å². The van der Waals surface area contributed by atoms with E-state index in [-0.39, 0.29) is 10.0 Å². The Morgan fingerprint density at radius 1 is 1.20 bits per heavy atom. The first-order valence-electron chi connectivity index (χ1n) is 3.67. The summed E-state index contributed by atoms with van der Waals surface area (Å²) in [4.78, 5) is -0.442. The summed E-state index contributed by atoms with van der Waals surface area (Å²) >= 11 is 11.3. The van der Waals surface area contributed by atoms with Gasteiger partial charge in [-0.25, -0.2) is 4.21 Å².